The molecular weight excluding hydrogens is 419 g/mol. The molecule has 1 aromatic carbocycles. The Morgan fingerprint density at radius 2 is 1.91 bits per heavy atom. The molecule has 7 heteroatoms. The summed E-state index contributed by atoms with van der Waals surface area (Å²) in [6, 6.07) is 2.07. The maximum atomic E-state index is 13.5. The highest BCUT2D eigenvalue weighted by atomic mass is 127. The quantitative estimate of drug-likeness (QED) is 0.572. The number of nitrogens with one attached hydrogen (secondary N) is 1. The van der Waals surface area contributed by atoms with Gasteiger partial charge in [-0.15, -0.1) is 0 Å². The number of carbonyl (C=O) groups excluding carboxylic acids is 2. The van der Waals surface area contributed by atoms with Crippen molar-refractivity contribution in [2.75, 3.05) is 5.32 Å². The number of benzene rings is 1. The van der Waals surface area contributed by atoms with Crippen LogP contribution in [0.5, 0.6) is 0 Å². The van der Waals surface area contributed by atoms with E-state index in [2.05, 4.69) is 5.32 Å². The normalized spacial score (nSPS) is 13.8. The van der Waals surface area contributed by atoms with Gasteiger partial charge in [-0.2, -0.15) is 0 Å². The number of amides is 1. The molecule has 1 aromatic heterocycles. The van der Waals surface area contributed by atoms with E-state index in [0.717, 1.165) is 12.1 Å². The summed E-state index contributed by atoms with van der Waals surface area (Å²) < 4.78 is 32.4. The van der Waals surface area contributed by atoms with Crippen molar-refractivity contribution in [2.24, 2.45) is 0 Å². The molecule has 1 aliphatic carbocycles. The number of aryl methyl sites for hydroxylation is 1. The second-order valence-corrected chi connectivity index (χ2v) is 6.42. The van der Waals surface area contributed by atoms with E-state index in [9.17, 15) is 18.4 Å². The molecule has 1 heterocycles. The molecular formula is C16H12F2INO3. The van der Waals surface area contributed by atoms with Crippen LogP contribution in [0.2, 0.25) is 0 Å². The first-order valence-electron chi connectivity index (χ1n) is 7.00. The largest absolute Gasteiger partial charge is 0.455 e. The first kappa shape index (κ1) is 16.1. The first-order valence-corrected chi connectivity index (χ1v) is 8.07. The average molecular weight is 431 g/mol. The molecule has 0 saturated heterocycles. The molecule has 0 aliphatic heterocycles. The number of carbonyl (C=O) groups is 2. The Labute approximate surface area is 144 Å². The van der Waals surface area contributed by atoms with Crippen molar-refractivity contribution >= 4 is 40.0 Å². The van der Waals surface area contributed by atoms with Gasteiger partial charge >= 0.3 is 0 Å². The van der Waals surface area contributed by atoms with Gasteiger partial charge in [-0.25, -0.2) is 8.78 Å². The van der Waals surface area contributed by atoms with Gasteiger partial charge in [0.15, 0.2) is 11.5 Å². The smallest absolute Gasteiger partial charge is 0.291 e. The number of hydrogen-bond donors (Lipinski definition) is 1. The maximum Gasteiger partial charge on any atom is 0.291 e. The zero-order valence-electron chi connectivity index (χ0n) is 12.1. The lowest BCUT2D eigenvalue weighted by Gasteiger charge is -2.07. The zero-order valence-corrected chi connectivity index (χ0v) is 14.3. The predicted octanol–water partition coefficient (Wildman–Crippen LogP) is 4.24. The van der Waals surface area contributed by atoms with E-state index in [-0.39, 0.29) is 20.8 Å². The topological polar surface area (TPSA) is 59.3 Å². The lowest BCUT2D eigenvalue weighted by Crippen LogP contribution is -2.13. The Morgan fingerprint density at radius 1 is 1.26 bits per heavy atom. The van der Waals surface area contributed by atoms with Crippen molar-refractivity contribution in [1.82, 2.24) is 0 Å². The number of Topliss-reactive ketones (excluding diaryl/α,β-unsaturated/α-hetero) is 1. The summed E-state index contributed by atoms with van der Waals surface area (Å²) in [7, 11) is 0. The van der Waals surface area contributed by atoms with E-state index in [1.807, 2.05) is 0 Å². The summed E-state index contributed by atoms with van der Waals surface area (Å²) in [5, 5.41) is 2.40. The summed E-state index contributed by atoms with van der Waals surface area (Å²) in [4.78, 5) is 24.2. The summed E-state index contributed by atoms with van der Waals surface area (Å²) in [5.74, 6) is -1.69. The number of furan rings is 1. The van der Waals surface area contributed by atoms with E-state index < -0.39 is 17.5 Å². The van der Waals surface area contributed by atoms with Crippen molar-refractivity contribution in [1.29, 1.82) is 0 Å². The summed E-state index contributed by atoms with van der Waals surface area (Å²) in [5.41, 5.74) is 0.917. The molecule has 0 radical (unpaired) electrons. The summed E-state index contributed by atoms with van der Waals surface area (Å²) in [6.45, 7) is 1.63. The highest BCUT2D eigenvalue weighted by Crippen LogP contribution is 2.30. The van der Waals surface area contributed by atoms with Crippen LogP contribution in [0.1, 0.15) is 45.1 Å². The second-order valence-electron chi connectivity index (χ2n) is 5.34. The van der Waals surface area contributed by atoms with Crippen molar-refractivity contribution in [3.8, 4) is 0 Å². The van der Waals surface area contributed by atoms with E-state index in [0.29, 0.717) is 36.1 Å². The van der Waals surface area contributed by atoms with Gasteiger partial charge in [-0.1, -0.05) is 0 Å². The molecule has 1 N–H and O–H groups in total. The maximum absolute atomic E-state index is 13.5. The van der Waals surface area contributed by atoms with Gasteiger partial charge in [-0.3, -0.25) is 9.59 Å². The van der Waals surface area contributed by atoms with Crippen molar-refractivity contribution < 1.29 is 22.8 Å². The van der Waals surface area contributed by atoms with Gasteiger partial charge in [-0.05, 0) is 48.1 Å². The molecule has 120 valence electrons. The van der Waals surface area contributed by atoms with Gasteiger partial charge in [0.2, 0.25) is 0 Å². The molecule has 0 atom stereocenters. The molecule has 0 fully saturated rings. The molecule has 2 aromatic rings. The molecule has 0 saturated carbocycles. The van der Waals surface area contributed by atoms with E-state index in [1.165, 1.54) is 0 Å². The fourth-order valence-electron chi connectivity index (χ4n) is 2.68. The Bertz CT molecular complexity index is 806. The van der Waals surface area contributed by atoms with Gasteiger partial charge in [0.05, 0.1) is 9.13 Å². The standard InChI is InChI=1S/C16H12F2INO3/c1-7-13-11(21)3-2-4-12(13)23-15(7)16(22)20-8-5-9(17)14(19)10(18)6-8/h5-6H,2-4H2,1H3,(H,20,22). The lowest BCUT2D eigenvalue weighted by atomic mass is 9.94. The first-order chi connectivity index (χ1) is 10.9. The van der Waals surface area contributed by atoms with E-state index in [4.69, 9.17) is 4.42 Å². The molecule has 1 aliphatic rings. The molecule has 3 rings (SSSR count). The lowest BCUT2D eigenvalue weighted by molar-refractivity contribution is 0.0963. The Balaban J connectivity index is 1.92. The number of anilines is 1. The Morgan fingerprint density at radius 3 is 2.52 bits per heavy atom. The van der Waals surface area contributed by atoms with Gasteiger partial charge < -0.3 is 9.73 Å². The third-order valence-corrected chi connectivity index (χ3v) is 4.78. The molecule has 23 heavy (non-hydrogen) atoms. The fraction of sp³-hybridized carbons (Fsp3) is 0.250. The van der Waals surface area contributed by atoms with Crippen LogP contribution >= 0.6 is 22.6 Å². The number of ketones is 1. The highest BCUT2D eigenvalue weighted by Gasteiger charge is 2.28. The number of halogens is 3. The van der Waals surface area contributed by atoms with Crippen LogP contribution in [-0.2, 0) is 6.42 Å². The number of rotatable bonds is 2. The molecule has 1 amide bonds. The van der Waals surface area contributed by atoms with Crippen LogP contribution in [0.15, 0.2) is 16.5 Å². The third-order valence-electron chi connectivity index (χ3n) is 3.75. The van der Waals surface area contributed by atoms with Gasteiger partial charge in [0.1, 0.15) is 17.4 Å². The van der Waals surface area contributed by atoms with Crippen LogP contribution in [0, 0.1) is 22.1 Å². The number of fused-ring (bicyclic) bond motifs is 1. The van der Waals surface area contributed by atoms with Crippen LogP contribution in [0.25, 0.3) is 0 Å². The zero-order chi connectivity index (χ0) is 16.7. The van der Waals surface area contributed by atoms with Crippen LogP contribution < -0.4 is 5.32 Å². The minimum absolute atomic E-state index is 0.00427. The average Bonchev–Trinajstić information content (AvgIpc) is 2.83. The van der Waals surface area contributed by atoms with Crippen LogP contribution in [0.3, 0.4) is 0 Å². The summed E-state index contributed by atoms with van der Waals surface area (Å²) >= 11 is 1.54. The number of hydrogen-bond acceptors (Lipinski definition) is 3. The molecule has 0 spiro atoms. The molecule has 0 bridgehead atoms. The molecule has 4 nitrogen and oxygen atoms in total. The highest BCUT2D eigenvalue weighted by molar-refractivity contribution is 14.1. The predicted molar refractivity (Wildman–Crippen MR) is 87.7 cm³/mol. The summed E-state index contributed by atoms with van der Waals surface area (Å²) in [6.07, 6.45) is 1.72. The van der Waals surface area contributed by atoms with Crippen molar-refractivity contribution in [2.45, 2.75) is 26.2 Å². The van der Waals surface area contributed by atoms with Crippen molar-refractivity contribution in [3.05, 3.63) is 50.0 Å². The van der Waals surface area contributed by atoms with Gasteiger partial charge in [0.25, 0.3) is 5.91 Å². The van der Waals surface area contributed by atoms with Crippen LogP contribution in [-0.4, -0.2) is 11.7 Å². The minimum Gasteiger partial charge on any atom is -0.455 e. The minimum atomic E-state index is -0.758. The Kier molecular flexibility index (Phi) is 4.22. The Hall–Kier alpha value is -1.77. The fourth-order valence-corrected chi connectivity index (χ4v) is 2.99. The van der Waals surface area contributed by atoms with E-state index in [1.54, 1.807) is 29.5 Å². The monoisotopic (exact) mass is 431 g/mol. The van der Waals surface area contributed by atoms with Gasteiger partial charge in [0, 0.05) is 24.1 Å². The SMILES string of the molecule is Cc1c(C(=O)Nc2cc(F)c(I)c(F)c2)oc2c1C(=O)CCC2. The van der Waals surface area contributed by atoms with E-state index >= 15 is 0 Å². The molecule has 0 unspecified atom stereocenters. The van der Waals surface area contributed by atoms with Crippen molar-refractivity contribution in [3.63, 3.8) is 0 Å². The second kappa shape index (κ2) is 6.03. The third kappa shape index (κ3) is 2.89. The van der Waals surface area contributed by atoms with Crippen LogP contribution in [0.4, 0.5) is 14.5 Å².